The second-order valence-corrected chi connectivity index (χ2v) is 6.97. The average Bonchev–Trinajstić information content (AvgIpc) is 2.78. The summed E-state index contributed by atoms with van der Waals surface area (Å²) in [6.45, 7) is 0. The van der Waals surface area contributed by atoms with Crippen LogP contribution in [-0.4, -0.2) is 26.2 Å². The maximum absolute atomic E-state index is 12.2. The van der Waals surface area contributed by atoms with E-state index >= 15 is 0 Å². The van der Waals surface area contributed by atoms with Gasteiger partial charge in [-0.1, -0.05) is 60.7 Å². The first-order valence-electron chi connectivity index (χ1n) is 9.43. The molecule has 144 valence electrons. The van der Waals surface area contributed by atoms with Crippen LogP contribution in [0.1, 0.15) is 10.4 Å². The molecule has 0 saturated carbocycles. The van der Waals surface area contributed by atoms with E-state index in [0.29, 0.717) is 22.0 Å². The molecule has 0 atom stereocenters. The molecule has 0 aliphatic rings. The minimum atomic E-state index is -1.21. The zero-order valence-electron chi connectivity index (χ0n) is 15.8. The first-order chi connectivity index (χ1) is 14.6. The SMILES string of the molecule is O=C(O)c1c(O)c(-c2ccccc2)nc2cccc(-c3cnc4ccccc4c3)c12. The number of para-hydroxylation sites is 1. The number of benzene rings is 3. The molecule has 0 amide bonds. The number of fused-ring (bicyclic) bond motifs is 2. The molecule has 0 aliphatic carbocycles. The number of pyridine rings is 2. The maximum atomic E-state index is 12.2. The highest BCUT2D eigenvalue weighted by atomic mass is 16.4. The number of carbonyl (C=O) groups is 1. The second-order valence-electron chi connectivity index (χ2n) is 6.97. The number of carboxylic acid groups (broad SMARTS) is 1. The van der Waals surface area contributed by atoms with Crippen LogP contribution in [0.3, 0.4) is 0 Å². The van der Waals surface area contributed by atoms with Crippen LogP contribution in [0.25, 0.3) is 44.2 Å². The van der Waals surface area contributed by atoms with Gasteiger partial charge in [-0.25, -0.2) is 9.78 Å². The number of nitrogens with zero attached hydrogens (tertiary/aromatic N) is 2. The molecule has 2 N–H and O–H groups in total. The van der Waals surface area contributed by atoms with Gasteiger partial charge in [-0.2, -0.15) is 0 Å². The van der Waals surface area contributed by atoms with Crippen molar-refractivity contribution in [2.75, 3.05) is 0 Å². The molecule has 0 saturated heterocycles. The summed E-state index contributed by atoms with van der Waals surface area (Å²) in [5.41, 5.74) is 3.50. The third-order valence-corrected chi connectivity index (χ3v) is 5.15. The van der Waals surface area contributed by atoms with Crippen LogP contribution < -0.4 is 0 Å². The largest absolute Gasteiger partial charge is 0.505 e. The predicted molar refractivity (Wildman–Crippen MR) is 117 cm³/mol. The fraction of sp³-hybridized carbons (Fsp3) is 0. The van der Waals surface area contributed by atoms with Gasteiger partial charge in [0.15, 0.2) is 5.75 Å². The van der Waals surface area contributed by atoms with E-state index in [1.54, 1.807) is 24.4 Å². The summed E-state index contributed by atoms with van der Waals surface area (Å²) in [4.78, 5) is 21.3. The Morgan fingerprint density at radius 2 is 1.53 bits per heavy atom. The zero-order valence-corrected chi connectivity index (χ0v) is 15.8. The van der Waals surface area contributed by atoms with Gasteiger partial charge in [-0.15, -0.1) is 0 Å². The van der Waals surface area contributed by atoms with Gasteiger partial charge in [-0.3, -0.25) is 4.98 Å². The van der Waals surface area contributed by atoms with Gasteiger partial charge in [0, 0.05) is 28.1 Å². The van der Waals surface area contributed by atoms with Crippen molar-refractivity contribution in [1.82, 2.24) is 9.97 Å². The lowest BCUT2D eigenvalue weighted by Gasteiger charge is -2.14. The van der Waals surface area contributed by atoms with Gasteiger partial charge in [-0.05, 0) is 23.8 Å². The van der Waals surface area contributed by atoms with Crippen molar-refractivity contribution in [3.05, 3.63) is 90.6 Å². The molecule has 0 radical (unpaired) electrons. The molecule has 0 fully saturated rings. The summed E-state index contributed by atoms with van der Waals surface area (Å²) in [6.07, 6.45) is 1.71. The lowest BCUT2D eigenvalue weighted by molar-refractivity contribution is 0.0696. The highest BCUT2D eigenvalue weighted by Gasteiger charge is 2.23. The number of aromatic carboxylic acids is 1. The molecular formula is C25H16N2O3. The van der Waals surface area contributed by atoms with Gasteiger partial charge in [0.25, 0.3) is 0 Å². The van der Waals surface area contributed by atoms with Crippen LogP contribution in [0.2, 0.25) is 0 Å². The van der Waals surface area contributed by atoms with E-state index in [-0.39, 0.29) is 17.0 Å². The van der Waals surface area contributed by atoms with Crippen LogP contribution in [0, 0.1) is 0 Å². The smallest absolute Gasteiger partial charge is 0.340 e. The Bertz CT molecular complexity index is 1430. The Labute approximate surface area is 171 Å². The Hall–Kier alpha value is -4.25. The number of aromatic hydroxyl groups is 1. The van der Waals surface area contributed by atoms with Crippen LogP contribution in [0.5, 0.6) is 5.75 Å². The molecule has 30 heavy (non-hydrogen) atoms. The van der Waals surface area contributed by atoms with Gasteiger partial charge < -0.3 is 10.2 Å². The van der Waals surface area contributed by atoms with E-state index in [1.165, 1.54) is 0 Å². The number of aromatic nitrogens is 2. The van der Waals surface area contributed by atoms with Crippen molar-refractivity contribution in [1.29, 1.82) is 0 Å². The van der Waals surface area contributed by atoms with Gasteiger partial charge in [0.2, 0.25) is 0 Å². The lowest BCUT2D eigenvalue weighted by atomic mass is 9.95. The third-order valence-electron chi connectivity index (χ3n) is 5.15. The van der Waals surface area contributed by atoms with Crippen molar-refractivity contribution in [2.45, 2.75) is 0 Å². The normalized spacial score (nSPS) is 11.1. The Balaban J connectivity index is 1.84. The Morgan fingerprint density at radius 3 is 2.33 bits per heavy atom. The minimum absolute atomic E-state index is 0.164. The highest BCUT2D eigenvalue weighted by Crippen LogP contribution is 2.39. The molecule has 2 heterocycles. The lowest BCUT2D eigenvalue weighted by Crippen LogP contribution is -2.03. The molecular weight excluding hydrogens is 376 g/mol. The van der Waals surface area contributed by atoms with E-state index in [0.717, 1.165) is 16.5 Å². The molecule has 0 unspecified atom stereocenters. The number of hydrogen-bond donors (Lipinski definition) is 2. The number of carboxylic acids is 1. The topological polar surface area (TPSA) is 83.3 Å². The Morgan fingerprint density at radius 1 is 0.800 bits per heavy atom. The van der Waals surface area contributed by atoms with Crippen LogP contribution in [0.4, 0.5) is 0 Å². The molecule has 0 aliphatic heterocycles. The first-order valence-corrected chi connectivity index (χ1v) is 9.43. The van der Waals surface area contributed by atoms with Crippen LogP contribution in [0.15, 0.2) is 85.1 Å². The van der Waals surface area contributed by atoms with Crippen molar-refractivity contribution in [3.63, 3.8) is 0 Å². The number of hydrogen-bond acceptors (Lipinski definition) is 4. The summed E-state index contributed by atoms with van der Waals surface area (Å²) in [5.74, 6) is -1.55. The zero-order chi connectivity index (χ0) is 20.7. The quantitative estimate of drug-likeness (QED) is 0.422. The van der Waals surface area contributed by atoms with E-state index in [2.05, 4.69) is 9.97 Å². The summed E-state index contributed by atoms with van der Waals surface area (Å²) >= 11 is 0. The van der Waals surface area contributed by atoms with E-state index in [4.69, 9.17) is 0 Å². The fourth-order valence-corrected chi connectivity index (χ4v) is 3.77. The van der Waals surface area contributed by atoms with Crippen molar-refractivity contribution in [2.24, 2.45) is 0 Å². The van der Waals surface area contributed by atoms with Crippen LogP contribution in [-0.2, 0) is 0 Å². The summed E-state index contributed by atoms with van der Waals surface area (Å²) in [5, 5.41) is 22.2. The van der Waals surface area contributed by atoms with Crippen molar-refractivity contribution in [3.8, 4) is 28.1 Å². The van der Waals surface area contributed by atoms with Gasteiger partial charge in [0.1, 0.15) is 11.3 Å². The molecule has 0 bridgehead atoms. The Kier molecular flexibility index (Phi) is 4.14. The molecule has 2 aromatic heterocycles. The fourth-order valence-electron chi connectivity index (χ4n) is 3.77. The van der Waals surface area contributed by atoms with E-state index in [9.17, 15) is 15.0 Å². The first kappa shape index (κ1) is 17.8. The molecule has 5 nitrogen and oxygen atoms in total. The minimum Gasteiger partial charge on any atom is -0.505 e. The number of rotatable bonds is 3. The molecule has 0 spiro atoms. The molecule has 5 aromatic rings. The molecule has 5 heteroatoms. The van der Waals surface area contributed by atoms with Crippen molar-refractivity contribution < 1.29 is 15.0 Å². The molecule has 5 rings (SSSR count). The van der Waals surface area contributed by atoms with Crippen LogP contribution >= 0.6 is 0 Å². The average molecular weight is 392 g/mol. The predicted octanol–water partition coefficient (Wildman–Crippen LogP) is 5.52. The second kappa shape index (κ2) is 6.97. The summed E-state index contributed by atoms with van der Waals surface area (Å²) in [6, 6.07) is 24.2. The van der Waals surface area contributed by atoms with E-state index in [1.807, 2.05) is 60.7 Å². The van der Waals surface area contributed by atoms with Gasteiger partial charge in [0.05, 0.1) is 11.0 Å². The summed E-state index contributed by atoms with van der Waals surface area (Å²) in [7, 11) is 0. The third kappa shape index (κ3) is 2.84. The highest BCUT2D eigenvalue weighted by molar-refractivity contribution is 6.12. The standard InChI is InChI=1S/C25H16N2O3/c28-24-22(25(29)30)21-18(17-13-16-9-4-5-11-19(16)26-14-17)10-6-12-20(21)27-23(24)15-7-2-1-3-8-15/h1-14,28H,(H,29,30). The maximum Gasteiger partial charge on any atom is 0.340 e. The summed E-state index contributed by atoms with van der Waals surface area (Å²) < 4.78 is 0. The van der Waals surface area contributed by atoms with E-state index < -0.39 is 5.97 Å². The molecule has 3 aromatic carbocycles. The van der Waals surface area contributed by atoms with Crippen molar-refractivity contribution >= 4 is 27.8 Å². The van der Waals surface area contributed by atoms with Gasteiger partial charge >= 0.3 is 5.97 Å². The monoisotopic (exact) mass is 392 g/mol.